The predicted octanol–water partition coefficient (Wildman–Crippen LogP) is -0.669. The average Bonchev–Trinajstić information content (AvgIpc) is 2.88. The summed E-state index contributed by atoms with van der Waals surface area (Å²) in [6.45, 7) is 0.995. The van der Waals surface area contributed by atoms with E-state index in [-0.39, 0.29) is 6.04 Å². The van der Waals surface area contributed by atoms with Gasteiger partial charge in [-0.05, 0) is 6.42 Å². The largest absolute Gasteiger partial charge is 0.281 e. The minimum Gasteiger partial charge on any atom is -0.248 e. The van der Waals surface area contributed by atoms with Gasteiger partial charge in [-0.2, -0.15) is 17.0 Å². The highest BCUT2D eigenvalue weighted by Crippen LogP contribution is 2.23. The minimum atomic E-state index is -3.30. The van der Waals surface area contributed by atoms with Gasteiger partial charge in [0, 0.05) is 33.4 Å². The zero-order valence-electron chi connectivity index (χ0n) is 9.31. The summed E-state index contributed by atoms with van der Waals surface area (Å²) in [6, 6.07) is 0.0947. The first-order valence-electron chi connectivity index (χ1n) is 5.05. The zero-order valence-corrected chi connectivity index (χ0v) is 10.1. The van der Waals surface area contributed by atoms with Gasteiger partial charge in [0.15, 0.2) is 0 Å². The van der Waals surface area contributed by atoms with Gasteiger partial charge < -0.3 is 0 Å². The summed E-state index contributed by atoms with van der Waals surface area (Å²) in [5.41, 5.74) is 0. The summed E-state index contributed by atoms with van der Waals surface area (Å²) in [5.74, 6) is 0. The lowest BCUT2D eigenvalue weighted by Gasteiger charge is -2.20. The van der Waals surface area contributed by atoms with Crippen molar-refractivity contribution in [2.75, 3.05) is 27.2 Å². The molecule has 90 valence electrons. The second kappa shape index (κ2) is 4.11. The molecule has 1 aliphatic heterocycles. The van der Waals surface area contributed by atoms with Crippen molar-refractivity contribution in [3.63, 3.8) is 0 Å². The number of aromatic nitrogens is 3. The van der Waals surface area contributed by atoms with Gasteiger partial charge in [0.05, 0.1) is 12.2 Å². The third kappa shape index (κ3) is 1.95. The minimum absolute atomic E-state index is 0.0947. The van der Waals surface area contributed by atoms with Gasteiger partial charge >= 0.3 is 0 Å². The van der Waals surface area contributed by atoms with Gasteiger partial charge in [0.2, 0.25) is 0 Å². The van der Waals surface area contributed by atoms with Gasteiger partial charge in [-0.3, -0.25) is 0 Å². The molecule has 2 rings (SSSR count). The van der Waals surface area contributed by atoms with E-state index in [4.69, 9.17) is 0 Å². The highest BCUT2D eigenvalue weighted by atomic mass is 32.2. The van der Waals surface area contributed by atoms with Crippen molar-refractivity contribution >= 4 is 10.2 Å². The molecule has 7 nitrogen and oxygen atoms in total. The fourth-order valence-electron chi connectivity index (χ4n) is 1.78. The van der Waals surface area contributed by atoms with Crippen molar-refractivity contribution in [2.24, 2.45) is 0 Å². The second-order valence-electron chi connectivity index (χ2n) is 3.97. The van der Waals surface area contributed by atoms with Crippen LogP contribution in [0.25, 0.3) is 0 Å². The molecule has 1 fully saturated rings. The molecule has 0 bridgehead atoms. The van der Waals surface area contributed by atoms with E-state index in [2.05, 4.69) is 10.3 Å². The van der Waals surface area contributed by atoms with Crippen LogP contribution in [0.3, 0.4) is 0 Å². The van der Waals surface area contributed by atoms with E-state index in [9.17, 15) is 8.42 Å². The summed E-state index contributed by atoms with van der Waals surface area (Å²) in [4.78, 5) is 0. The number of hydrogen-bond acceptors (Lipinski definition) is 4. The maximum atomic E-state index is 11.9. The molecule has 0 radical (unpaired) electrons. The maximum absolute atomic E-state index is 11.9. The van der Waals surface area contributed by atoms with Crippen molar-refractivity contribution in [3.05, 3.63) is 12.4 Å². The van der Waals surface area contributed by atoms with Crippen LogP contribution in [-0.4, -0.2) is 59.2 Å². The fourth-order valence-corrected chi connectivity index (χ4v) is 2.94. The van der Waals surface area contributed by atoms with Crippen LogP contribution in [0.4, 0.5) is 0 Å². The Morgan fingerprint density at radius 3 is 2.75 bits per heavy atom. The van der Waals surface area contributed by atoms with Gasteiger partial charge in [-0.1, -0.05) is 5.21 Å². The molecule has 0 amide bonds. The van der Waals surface area contributed by atoms with Crippen LogP contribution in [0.5, 0.6) is 0 Å². The van der Waals surface area contributed by atoms with Crippen LogP contribution < -0.4 is 0 Å². The van der Waals surface area contributed by atoms with Crippen LogP contribution >= 0.6 is 0 Å². The molecule has 16 heavy (non-hydrogen) atoms. The third-order valence-electron chi connectivity index (χ3n) is 2.73. The molecule has 1 atom stereocenters. The highest BCUT2D eigenvalue weighted by molar-refractivity contribution is 7.86. The van der Waals surface area contributed by atoms with E-state index in [0.29, 0.717) is 13.1 Å². The van der Waals surface area contributed by atoms with Gasteiger partial charge in [0.25, 0.3) is 10.2 Å². The summed E-state index contributed by atoms with van der Waals surface area (Å²) < 4.78 is 28.1. The summed E-state index contributed by atoms with van der Waals surface area (Å²) in [7, 11) is -0.216. The third-order valence-corrected chi connectivity index (χ3v) is 4.64. The second-order valence-corrected chi connectivity index (χ2v) is 6.12. The predicted molar refractivity (Wildman–Crippen MR) is 57.9 cm³/mol. The molecular weight excluding hydrogens is 230 g/mol. The van der Waals surface area contributed by atoms with E-state index < -0.39 is 10.2 Å². The van der Waals surface area contributed by atoms with Gasteiger partial charge in [0.1, 0.15) is 0 Å². The first kappa shape index (κ1) is 11.5. The average molecular weight is 245 g/mol. The Hall–Kier alpha value is -0.990. The molecule has 1 aromatic rings. The molecule has 1 unspecified atom stereocenters. The van der Waals surface area contributed by atoms with E-state index >= 15 is 0 Å². The monoisotopic (exact) mass is 245 g/mol. The molecule has 1 aliphatic rings. The Morgan fingerprint density at radius 2 is 2.19 bits per heavy atom. The number of rotatable bonds is 3. The molecule has 1 saturated heterocycles. The van der Waals surface area contributed by atoms with Crippen molar-refractivity contribution in [1.29, 1.82) is 0 Å². The molecule has 8 heteroatoms. The normalized spacial score (nSPS) is 23.1. The van der Waals surface area contributed by atoms with Crippen LogP contribution in [0.1, 0.15) is 12.5 Å². The van der Waals surface area contributed by atoms with Crippen molar-refractivity contribution in [3.8, 4) is 0 Å². The Balaban J connectivity index is 2.10. The number of hydrogen-bond donors (Lipinski definition) is 0. The first-order valence-corrected chi connectivity index (χ1v) is 6.45. The van der Waals surface area contributed by atoms with Gasteiger partial charge in [-0.25, -0.2) is 4.68 Å². The Labute approximate surface area is 94.8 Å². The fraction of sp³-hybridized carbons (Fsp3) is 0.750. The maximum Gasteiger partial charge on any atom is 0.281 e. The Bertz CT molecular complexity index is 441. The summed E-state index contributed by atoms with van der Waals surface area (Å²) in [6.07, 6.45) is 4.13. The SMILES string of the molecule is CN(C)S(=O)(=O)N1CCC(n2ccnn2)C1. The van der Waals surface area contributed by atoms with E-state index in [0.717, 1.165) is 6.42 Å². The lowest BCUT2D eigenvalue weighted by Crippen LogP contribution is -2.38. The topological polar surface area (TPSA) is 71.3 Å². The molecule has 1 aromatic heterocycles. The first-order chi connectivity index (χ1) is 7.51. The van der Waals surface area contributed by atoms with E-state index in [1.165, 1.54) is 22.7 Å². The van der Waals surface area contributed by atoms with Crippen molar-refractivity contribution in [1.82, 2.24) is 23.6 Å². The van der Waals surface area contributed by atoms with E-state index in [1.54, 1.807) is 17.1 Å². The summed E-state index contributed by atoms with van der Waals surface area (Å²) in [5, 5.41) is 7.61. The molecule has 0 aromatic carbocycles. The lowest BCUT2D eigenvalue weighted by atomic mass is 10.3. The van der Waals surface area contributed by atoms with Crippen molar-refractivity contribution in [2.45, 2.75) is 12.5 Å². The summed E-state index contributed by atoms with van der Waals surface area (Å²) >= 11 is 0. The molecule has 2 heterocycles. The van der Waals surface area contributed by atoms with Crippen LogP contribution in [0.15, 0.2) is 12.4 Å². The molecule has 0 aliphatic carbocycles. The number of nitrogens with zero attached hydrogens (tertiary/aromatic N) is 5. The van der Waals surface area contributed by atoms with Gasteiger partial charge in [-0.15, -0.1) is 5.10 Å². The molecule has 0 spiro atoms. The molecule has 0 saturated carbocycles. The van der Waals surface area contributed by atoms with Crippen LogP contribution in [0.2, 0.25) is 0 Å². The molecule has 0 N–H and O–H groups in total. The Morgan fingerprint density at radius 1 is 1.44 bits per heavy atom. The molecular formula is C8H15N5O2S. The quantitative estimate of drug-likeness (QED) is 0.708. The van der Waals surface area contributed by atoms with Crippen LogP contribution in [-0.2, 0) is 10.2 Å². The van der Waals surface area contributed by atoms with Crippen molar-refractivity contribution < 1.29 is 8.42 Å². The highest BCUT2D eigenvalue weighted by Gasteiger charge is 2.33. The Kier molecular flexibility index (Phi) is 2.96. The van der Waals surface area contributed by atoms with E-state index in [1.807, 2.05) is 0 Å². The lowest BCUT2D eigenvalue weighted by molar-refractivity contribution is 0.398. The zero-order chi connectivity index (χ0) is 11.8. The smallest absolute Gasteiger partial charge is 0.248 e. The standard InChI is InChI=1S/C8H15N5O2S/c1-11(2)16(14,15)12-5-3-8(7-12)13-6-4-9-10-13/h4,6,8H,3,5,7H2,1-2H3. The van der Waals surface area contributed by atoms with Crippen LogP contribution in [0, 0.1) is 0 Å².